The molecule has 2 heterocycles. The molecule has 2 aliphatic rings. The van der Waals surface area contributed by atoms with Crippen LogP contribution in [-0.4, -0.2) is 46.9 Å². The topological polar surface area (TPSA) is 103 Å². The van der Waals surface area contributed by atoms with Crippen LogP contribution >= 0.6 is 11.6 Å². The molecule has 0 saturated carbocycles. The minimum atomic E-state index is -3.76. The van der Waals surface area contributed by atoms with E-state index >= 15 is 0 Å². The molecule has 0 spiro atoms. The van der Waals surface area contributed by atoms with Gasteiger partial charge in [0, 0.05) is 31.2 Å². The number of ether oxygens (including phenoxy) is 3. The van der Waals surface area contributed by atoms with E-state index in [4.69, 9.17) is 25.8 Å². The lowest BCUT2D eigenvalue weighted by Crippen LogP contribution is -2.44. The lowest BCUT2D eigenvalue weighted by molar-refractivity contribution is 0.0486. The zero-order valence-electron chi connectivity index (χ0n) is 18.5. The first-order valence-electron chi connectivity index (χ1n) is 10.8. The second-order valence-corrected chi connectivity index (χ2v) is 10.7. The van der Waals surface area contributed by atoms with Crippen molar-refractivity contribution in [3.63, 3.8) is 0 Å². The van der Waals surface area contributed by atoms with Crippen LogP contribution in [0.1, 0.15) is 42.6 Å². The van der Waals surface area contributed by atoms with Crippen molar-refractivity contribution in [1.29, 1.82) is 0 Å². The number of carbonyl (C=O) groups is 1. The second-order valence-electron chi connectivity index (χ2n) is 8.56. The number of nitrogens with one attached hydrogen (secondary N) is 2. The number of amides is 1. The van der Waals surface area contributed by atoms with Gasteiger partial charge in [0.2, 0.25) is 16.8 Å². The second kappa shape index (κ2) is 9.50. The molecule has 0 aliphatic carbocycles. The Morgan fingerprint density at radius 2 is 1.82 bits per heavy atom. The smallest absolute Gasteiger partial charge is 0.252 e. The van der Waals surface area contributed by atoms with Gasteiger partial charge >= 0.3 is 0 Å². The van der Waals surface area contributed by atoms with Crippen LogP contribution in [0.25, 0.3) is 0 Å². The first-order valence-corrected chi connectivity index (χ1v) is 12.6. The molecule has 0 unspecified atom stereocenters. The number of hydrogen-bond donors (Lipinski definition) is 2. The van der Waals surface area contributed by atoms with E-state index in [1.807, 2.05) is 18.2 Å². The Kier molecular flexibility index (Phi) is 6.86. The van der Waals surface area contributed by atoms with Crippen LogP contribution in [0, 0.1) is 0 Å². The molecule has 2 aromatic rings. The first kappa shape index (κ1) is 23.8. The molecule has 33 heavy (non-hydrogen) atoms. The summed E-state index contributed by atoms with van der Waals surface area (Å²) in [5.74, 6) is 0.946. The van der Waals surface area contributed by atoms with Crippen molar-refractivity contribution >= 4 is 27.5 Å². The summed E-state index contributed by atoms with van der Waals surface area (Å²) < 4.78 is 44.1. The van der Waals surface area contributed by atoms with Gasteiger partial charge in [0.25, 0.3) is 5.91 Å². The third-order valence-corrected chi connectivity index (χ3v) is 7.89. The standard InChI is InChI=1S/C23H27ClN2O6S/c1-15(2)26-33(28,29)17-4-5-19(24)18(12-17)22(27)25-13-23(7-9-30-10-8-23)16-3-6-20-21(11-16)32-14-31-20/h3-6,11-12,15,26H,7-10,13-14H2,1-2H3,(H,25,27). The van der Waals surface area contributed by atoms with E-state index in [0.717, 1.165) is 5.56 Å². The van der Waals surface area contributed by atoms with Crippen molar-refractivity contribution < 1.29 is 27.4 Å². The number of halogens is 1. The molecule has 10 heteroatoms. The number of rotatable bonds is 7. The highest BCUT2D eigenvalue weighted by Crippen LogP contribution is 2.40. The zero-order chi connectivity index (χ0) is 23.6. The molecule has 4 rings (SSSR count). The van der Waals surface area contributed by atoms with Gasteiger partial charge in [-0.25, -0.2) is 13.1 Å². The van der Waals surface area contributed by atoms with Gasteiger partial charge in [0.1, 0.15) is 0 Å². The highest BCUT2D eigenvalue weighted by atomic mass is 35.5. The van der Waals surface area contributed by atoms with Crippen molar-refractivity contribution in [2.75, 3.05) is 26.6 Å². The van der Waals surface area contributed by atoms with Crippen LogP contribution in [0.15, 0.2) is 41.3 Å². The normalized spacial score (nSPS) is 17.2. The van der Waals surface area contributed by atoms with E-state index in [0.29, 0.717) is 44.1 Å². The van der Waals surface area contributed by atoms with Gasteiger partial charge in [0.15, 0.2) is 11.5 Å². The van der Waals surface area contributed by atoms with Crippen molar-refractivity contribution in [1.82, 2.24) is 10.0 Å². The maximum absolute atomic E-state index is 13.1. The first-order chi connectivity index (χ1) is 15.7. The van der Waals surface area contributed by atoms with Gasteiger partial charge in [-0.15, -0.1) is 0 Å². The summed E-state index contributed by atoms with van der Waals surface area (Å²) in [6.07, 6.45) is 1.43. The van der Waals surface area contributed by atoms with Gasteiger partial charge in [-0.3, -0.25) is 4.79 Å². The number of hydrogen-bond acceptors (Lipinski definition) is 6. The number of fused-ring (bicyclic) bond motifs is 1. The van der Waals surface area contributed by atoms with Gasteiger partial charge in [-0.2, -0.15) is 0 Å². The highest BCUT2D eigenvalue weighted by Gasteiger charge is 2.36. The van der Waals surface area contributed by atoms with Crippen LogP contribution in [0.5, 0.6) is 11.5 Å². The number of benzene rings is 2. The number of sulfonamides is 1. The van der Waals surface area contributed by atoms with E-state index in [-0.39, 0.29) is 33.7 Å². The molecule has 0 atom stereocenters. The van der Waals surface area contributed by atoms with Gasteiger partial charge in [0.05, 0.1) is 15.5 Å². The van der Waals surface area contributed by atoms with Gasteiger partial charge in [-0.1, -0.05) is 17.7 Å². The summed E-state index contributed by atoms with van der Waals surface area (Å²) in [5, 5.41) is 3.15. The SMILES string of the molecule is CC(C)NS(=O)(=O)c1ccc(Cl)c(C(=O)NCC2(c3ccc4c(c3)OCO4)CCOCC2)c1. The fourth-order valence-corrected chi connectivity index (χ4v) is 5.60. The molecule has 8 nitrogen and oxygen atoms in total. The Labute approximate surface area is 198 Å². The summed E-state index contributed by atoms with van der Waals surface area (Å²) in [4.78, 5) is 13.1. The molecule has 178 valence electrons. The Morgan fingerprint density at radius 3 is 2.55 bits per heavy atom. The molecule has 2 aromatic carbocycles. The molecule has 1 amide bonds. The Hall–Kier alpha value is -2.33. The average molecular weight is 495 g/mol. The maximum Gasteiger partial charge on any atom is 0.252 e. The van der Waals surface area contributed by atoms with E-state index in [2.05, 4.69) is 10.0 Å². The van der Waals surface area contributed by atoms with E-state index in [9.17, 15) is 13.2 Å². The minimum Gasteiger partial charge on any atom is -0.454 e. The molecule has 0 radical (unpaired) electrons. The van der Waals surface area contributed by atoms with E-state index in [1.54, 1.807) is 13.8 Å². The van der Waals surface area contributed by atoms with Crippen LogP contribution < -0.4 is 19.5 Å². The molecule has 0 bridgehead atoms. The molecular weight excluding hydrogens is 468 g/mol. The van der Waals surface area contributed by atoms with Crippen LogP contribution in [0.2, 0.25) is 5.02 Å². The quantitative estimate of drug-likeness (QED) is 0.612. The summed E-state index contributed by atoms with van der Waals surface area (Å²) in [6, 6.07) is 9.66. The minimum absolute atomic E-state index is 0.0118. The summed E-state index contributed by atoms with van der Waals surface area (Å²) >= 11 is 6.26. The predicted molar refractivity (Wildman–Crippen MR) is 124 cm³/mol. The largest absolute Gasteiger partial charge is 0.454 e. The molecule has 1 fully saturated rings. The Balaban J connectivity index is 1.57. The highest BCUT2D eigenvalue weighted by molar-refractivity contribution is 7.89. The fraction of sp³-hybridized carbons (Fsp3) is 0.435. The van der Waals surface area contributed by atoms with E-state index in [1.165, 1.54) is 18.2 Å². The van der Waals surface area contributed by atoms with Crippen LogP contribution in [0.4, 0.5) is 0 Å². The van der Waals surface area contributed by atoms with Gasteiger partial charge in [-0.05, 0) is 62.6 Å². The maximum atomic E-state index is 13.1. The van der Waals surface area contributed by atoms with Crippen molar-refractivity contribution in [2.24, 2.45) is 0 Å². The third-order valence-electron chi connectivity index (χ3n) is 5.91. The number of carbonyl (C=O) groups excluding carboxylic acids is 1. The summed E-state index contributed by atoms with van der Waals surface area (Å²) in [6.45, 7) is 5.12. The van der Waals surface area contributed by atoms with E-state index < -0.39 is 15.9 Å². The molecule has 0 aromatic heterocycles. The molecule has 2 N–H and O–H groups in total. The Morgan fingerprint density at radius 1 is 1.09 bits per heavy atom. The fourth-order valence-electron chi connectivity index (χ4n) is 4.12. The Bertz CT molecular complexity index is 1150. The monoisotopic (exact) mass is 494 g/mol. The zero-order valence-corrected chi connectivity index (χ0v) is 20.1. The predicted octanol–water partition coefficient (Wildman–Crippen LogP) is 3.23. The van der Waals surface area contributed by atoms with Crippen molar-refractivity contribution in [3.05, 3.63) is 52.5 Å². The molecule has 2 aliphatic heterocycles. The molecule has 1 saturated heterocycles. The van der Waals surface area contributed by atoms with Crippen molar-refractivity contribution in [3.8, 4) is 11.5 Å². The van der Waals surface area contributed by atoms with Gasteiger partial charge < -0.3 is 19.5 Å². The van der Waals surface area contributed by atoms with Crippen molar-refractivity contribution in [2.45, 2.75) is 43.0 Å². The molecular formula is C23H27ClN2O6S. The summed E-state index contributed by atoms with van der Waals surface area (Å²) in [7, 11) is -3.76. The summed E-state index contributed by atoms with van der Waals surface area (Å²) in [5.41, 5.74) is 0.777. The van der Waals surface area contributed by atoms with Crippen LogP contribution in [-0.2, 0) is 20.2 Å². The lowest BCUT2D eigenvalue weighted by Gasteiger charge is -2.38. The average Bonchev–Trinajstić information content (AvgIpc) is 3.25. The third kappa shape index (κ3) is 5.11. The van der Waals surface area contributed by atoms with Crippen LogP contribution in [0.3, 0.4) is 0 Å². The lowest BCUT2D eigenvalue weighted by atomic mass is 9.74.